The predicted octanol–water partition coefficient (Wildman–Crippen LogP) is 4.87. The molecule has 7 aromatic rings. The normalized spacial score (nSPS) is 29.6. The molecule has 11 bridgehead atoms. The van der Waals surface area contributed by atoms with Gasteiger partial charge in [-0.15, -0.1) is 0 Å². The van der Waals surface area contributed by atoms with E-state index in [4.69, 9.17) is 77.3 Å². The summed E-state index contributed by atoms with van der Waals surface area (Å²) in [5.41, 5.74) is 9.25. The third-order valence-corrected chi connectivity index (χ3v) is 23.8. The van der Waals surface area contributed by atoms with E-state index < -0.39 is 286 Å². The van der Waals surface area contributed by atoms with Crippen LogP contribution in [0.4, 0.5) is 4.39 Å². The first kappa shape index (κ1) is 93.8. The van der Waals surface area contributed by atoms with Gasteiger partial charge in [0, 0.05) is 54.0 Å². The molecule has 3 saturated heterocycles. The summed E-state index contributed by atoms with van der Waals surface area (Å²) >= 11 is 14.5. The highest BCUT2D eigenvalue weighted by atomic mass is 35.5. The average molecular weight is 1810 g/mol. The Balaban J connectivity index is 0.953. The fourth-order valence-corrected chi connectivity index (χ4v) is 16.9. The van der Waals surface area contributed by atoms with Crippen LogP contribution in [0, 0.1) is 17.7 Å². The second kappa shape index (κ2) is 39.4. The Labute approximate surface area is 735 Å². The number of carbonyl (C=O) groups excluding carboxylic acids is 7. The summed E-state index contributed by atoms with van der Waals surface area (Å²) in [5, 5.41) is 152. The van der Waals surface area contributed by atoms with E-state index in [1.165, 1.54) is 69.4 Å². The highest BCUT2D eigenvalue weighted by Gasteiger charge is 2.53. The topological polar surface area (TPSA) is 575 Å². The van der Waals surface area contributed by atoms with Crippen molar-refractivity contribution in [2.24, 2.45) is 23.3 Å². The molecule has 7 aromatic carbocycles. The zero-order valence-electron chi connectivity index (χ0n) is 68.9. The van der Waals surface area contributed by atoms with Gasteiger partial charge < -0.3 is 142 Å². The van der Waals surface area contributed by atoms with Gasteiger partial charge in [-0.3, -0.25) is 33.6 Å². The van der Waals surface area contributed by atoms with Crippen LogP contribution < -0.4 is 57.0 Å². The van der Waals surface area contributed by atoms with Crippen molar-refractivity contribution in [3.05, 3.63) is 177 Å². The number of carboxylic acids is 1. The Hall–Kier alpha value is -10.8. The number of Topliss-reactive ketones (excluding diaryl/α,β-unsaturated/α-hetero) is 2. The Morgan fingerprint density at radius 1 is 0.669 bits per heavy atom. The summed E-state index contributed by atoms with van der Waals surface area (Å²) < 4.78 is 70.8. The van der Waals surface area contributed by atoms with Crippen molar-refractivity contribution in [3.63, 3.8) is 0 Å². The fraction of sp³-hybridized carbons (Fsp3) is 0.432. The number of phenols is 3. The van der Waals surface area contributed by atoms with Crippen molar-refractivity contribution in [2.75, 3.05) is 13.7 Å². The number of amides is 5. The zero-order chi connectivity index (χ0) is 91.6. The van der Waals surface area contributed by atoms with Crippen molar-refractivity contribution in [2.45, 2.75) is 213 Å². The minimum atomic E-state index is -2.35. The standard InChI is InChI=1S/C88H98Cl2FN7O29/c1-36(2)23-53(94-5)83(115)97-69-56(103)27-43(30-64(92)105)81(113)95-67-42-28-61(121-58-21-12-40(71(69)106)25-51(58)89)78(126-87-76(111)74(109)79(63(35-99)124-87)127-86-75(110)73(108)72(107)60(123-86)8-6-7-38-9-16-46(17-10-38)120-47-18-14-44(91)15-19-47)62(29-42)122-59-22-13-41(26-52(59)90)77(125-65-34-88(4,93)80(112)37(3)119-65)70-84(116)96-68(85(117)118)50-31-45(100)32-55(102)66(50)49-24-39(11-20-54(49)101)48(33-57(67)104)82(114)98-70/h9-22,24-26,28-29,31-32,36-37,43,48,53,60,63,65,67-77,79-80,86-87,94,99-102,106-112H,6-8,23,27,30,33-35,93H2,1-5H3,(H2,92,105)(H,95,113)(H,96,116)(H,97,115)(H,98,114)(H,117,118)/t37-,43-,48+,53+,60+,63+,65?,67+,68+,69?,70-,71+,72-,73-,74+,75+,76+,77+,79+,80-,86-,87-,88-/m0/s1. The first-order chi connectivity index (χ1) is 60.3. The number of likely N-dealkylation sites (N-methyl/N-ethyl adjacent to an activating group) is 1. The van der Waals surface area contributed by atoms with E-state index >= 15 is 24.0 Å². The summed E-state index contributed by atoms with van der Waals surface area (Å²) in [4.78, 5) is 121. The van der Waals surface area contributed by atoms with Crippen LogP contribution in [0.3, 0.4) is 0 Å². The molecular weight excluding hydrogens is 1710 g/mol. The smallest absolute Gasteiger partial charge is 0.330 e. The van der Waals surface area contributed by atoms with Crippen LogP contribution >= 0.6 is 23.2 Å². The number of aryl methyl sites for hydroxylation is 1. The number of aliphatic hydroxyl groups is 8. The number of halogens is 3. The van der Waals surface area contributed by atoms with Gasteiger partial charge in [-0.2, -0.15) is 0 Å². The van der Waals surface area contributed by atoms with E-state index in [0.717, 1.165) is 60.2 Å². The van der Waals surface area contributed by atoms with Crippen LogP contribution in [0.25, 0.3) is 11.1 Å². The van der Waals surface area contributed by atoms with Crippen LogP contribution in [0.2, 0.25) is 10.0 Å². The lowest BCUT2D eigenvalue weighted by atomic mass is 9.84. The molecule has 8 aliphatic rings. The number of fused-ring (bicyclic) bond motifs is 15. The third-order valence-electron chi connectivity index (χ3n) is 23.2. The zero-order valence-corrected chi connectivity index (χ0v) is 70.4. The molecule has 36 nitrogen and oxygen atoms in total. The molecule has 127 heavy (non-hydrogen) atoms. The highest BCUT2D eigenvalue weighted by molar-refractivity contribution is 6.32. The van der Waals surface area contributed by atoms with Crippen molar-refractivity contribution in [1.82, 2.24) is 26.6 Å². The maximum atomic E-state index is 16.6. The SMILES string of the molecule is CN[C@H](CC(C)C)C(=O)NC1C(=O)C[C@@H](CC(N)=O)C(=O)N[C@H]2C(=O)C[C@H]3C(=O)N[C@H](C(=O)N[C@@H](C(=O)O)c4cc(O)cc(O)c4-c4cc3ccc4O)[C@H](OC3C[C@](C)(N)[C@@H](O)[C@H](C)O3)c3ccc(c(Cl)c3)Oc3cc2cc(c3O[C@@H]2O[C@H](CO)[C@@H](O[C@@H]3O[C@H](CCCc4ccc(Oc5ccc(F)cc5)cc4)[C@H](O)[C@H](O)[C@H]3O)[C@H](O)[C@H]2O)Oc2ccc(cc2Cl)[C@H]1O. The molecule has 8 heterocycles. The van der Waals surface area contributed by atoms with Gasteiger partial charge in [-0.1, -0.05) is 67.4 Å². The number of nitrogens with one attached hydrogen (secondary N) is 5. The molecule has 15 rings (SSSR count). The lowest BCUT2D eigenvalue weighted by molar-refractivity contribution is -0.351. The number of benzene rings is 7. The van der Waals surface area contributed by atoms with Gasteiger partial charge in [0.25, 0.3) is 0 Å². The number of ketones is 2. The number of hydrogen-bond donors (Lipinski definition) is 19. The number of primary amides is 1. The van der Waals surface area contributed by atoms with E-state index in [2.05, 4.69) is 26.6 Å². The molecule has 0 spiro atoms. The number of aromatic hydroxyl groups is 3. The molecule has 21 N–H and O–H groups in total. The minimum Gasteiger partial charge on any atom is -0.508 e. The molecule has 8 aliphatic heterocycles. The minimum absolute atomic E-state index is 0.0365. The molecule has 5 amide bonds. The maximum absolute atomic E-state index is 16.6. The molecule has 3 fully saturated rings. The maximum Gasteiger partial charge on any atom is 0.330 e. The molecule has 2 unspecified atom stereocenters. The van der Waals surface area contributed by atoms with Gasteiger partial charge in [0.2, 0.25) is 41.6 Å². The van der Waals surface area contributed by atoms with Crippen LogP contribution in [0.5, 0.6) is 57.5 Å². The molecule has 0 saturated carbocycles. The highest BCUT2D eigenvalue weighted by Crippen LogP contribution is 2.51. The van der Waals surface area contributed by atoms with E-state index in [0.29, 0.717) is 24.3 Å². The van der Waals surface area contributed by atoms with Crippen molar-refractivity contribution in [3.8, 4) is 68.6 Å². The Morgan fingerprint density at radius 2 is 1.30 bits per heavy atom. The van der Waals surface area contributed by atoms with Crippen LogP contribution in [0.1, 0.15) is 136 Å². The summed E-state index contributed by atoms with van der Waals surface area (Å²) in [6, 6.07) is 16.7. The van der Waals surface area contributed by atoms with Crippen LogP contribution in [0.15, 0.2) is 127 Å². The molecule has 23 atom stereocenters. The molecular formula is C88H98Cl2FN7O29. The summed E-state index contributed by atoms with van der Waals surface area (Å²) in [6.07, 6.45) is -30.1. The summed E-state index contributed by atoms with van der Waals surface area (Å²) in [7, 11) is 1.48. The number of aliphatic hydroxyl groups excluding tert-OH is 8. The quantitative estimate of drug-likeness (QED) is 0.0456. The first-order valence-electron chi connectivity index (χ1n) is 40.9. The number of aliphatic carboxylic acids is 1. The van der Waals surface area contributed by atoms with Gasteiger partial charge in [0.1, 0.15) is 119 Å². The molecule has 0 radical (unpaired) electrons. The van der Waals surface area contributed by atoms with Crippen molar-refractivity contribution < 1.29 is 147 Å². The molecule has 39 heteroatoms. The molecule has 0 aromatic heterocycles. The van der Waals surface area contributed by atoms with Gasteiger partial charge in [0.05, 0.1) is 52.8 Å². The van der Waals surface area contributed by atoms with Gasteiger partial charge in [-0.05, 0) is 171 Å². The number of nitrogens with two attached hydrogens (primary N) is 2. The van der Waals surface area contributed by atoms with E-state index in [9.17, 15) is 80.1 Å². The lowest BCUT2D eigenvalue weighted by Gasteiger charge is -2.46. The predicted molar refractivity (Wildman–Crippen MR) is 443 cm³/mol. The van der Waals surface area contributed by atoms with E-state index in [-0.39, 0.29) is 52.6 Å². The second-order valence-corrected chi connectivity index (χ2v) is 33.8. The van der Waals surface area contributed by atoms with Crippen LogP contribution in [-0.4, -0.2) is 226 Å². The van der Waals surface area contributed by atoms with Crippen LogP contribution in [-0.2, 0) is 68.5 Å². The van der Waals surface area contributed by atoms with Gasteiger partial charge >= 0.3 is 5.97 Å². The molecule has 680 valence electrons. The first-order valence-corrected chi connectivity index (χ1v) is 41.6. The fourth-order valence-electron chi connectivity index (χ4n) is 16.5. The number of phenolic OH excluding ortho intramolecular Hbond substituents is 3. The Kier molecular flexibility index (Phi) is 29.1. The largest absolute Gasteiger partial charge is 0.508 e. The number of ether oxygens (including phenoxy) is 9. The Bertz CT molecular complexity index is 5270. The number of carbonyl (C=O) groups is 8. The summed E-state index contributed by atoms with van der Waals surface area (Å²) in [6.45, 7) is 5.47. The van der Waals surface area contributed by atoms with E-state index in [1.807, 2.05) is 13.8 Å². The third kappa shape index (κ3) is 21.0. The number of hydrogen-bond acceptors (Lipinski definition) is 30. The Morgan fingerprint density at radius 3 is 1.92 bits per heavy atom. The van der Waals surface area contributed by atoms with Gasteiger partial charge in [0.15, 0.2) is 41.7 Å². The van der Waals surface area contributed by atoms with E-state index in [1.54, 1.807) is 24.3 Å². The number of rotatable bonds is 21. The average Bonchev–Trinajstić information content (AvgIpc) is 0.761. The second-order valence-electron chi connectivity index (χ2n) is 33.0. The monoisotopic (exact) mass is 1810 g/mol. The van der Waals surface area contributed by atoms with Crippen molar-refractivity contribution in [1.29, 1.82) is 0 Å². The van der Waals surface area contributed by atoms with Gasteiger partial charge in [-0.25, -0.2) is 9.18 Å². The summed E-state index contributed by atoms with van der Waals surface area (Å²) in [5.74, 6) is -19.0. The molecule has 0 aliphatic carbocycles. The van der Waals surface area contributed by atoms with Crippen molar-refractivity contribution >= 4 is 70.3 Å². The number of carboxylic acid groups (broad SMARTS) is 1. The lowest BCUT2D eigenvalue weighted by Crippen LogP contribution is -2.64.